The lowest BCUT2D eigenvalue weighted by atomic mass is 10.3. The van der Waals surface area contributed by atoms with Crippen molar-refractivity contribution in [3.05, 3.63) is 39.4 Å². The highest BCUT2D eigenvalue weighted by Crippen LogP contribution is 2.33. The SMILES string of the molecule is Cc1csc(Sc2cc(N)cc([N+](=O)[O-])c2)n1. The summed E-state index contributed by atoms with van der Waals surface area (Å²) in [5.41, 5.74) is 6.95. The fraction of sp³-hybridized carbons (Fsp3) is 0.100. The fourth-order valence-electron chi connectivity index (χ4n) is 1.25. The average Bonchev–Trinajstić information content (AvgIpc) is 2.63. The lowest BCUT2D eigenvalue weighted by Crippen LogP contribution is -1.92. The Morgan fingerprint density at radius 2 is 2.24 bits per heavy atom. The zero-order valence-corrected chi connectivity index (χ0v) is 10.5. The number of nitro groups is 1. The normalized spacial score (nSPS) is 10.4. The molecule has 2 N–H and O–H groups in total. The van der Waals surface area contributed by atoms with Crippen LogP contribution in [0.25, 0.3) is 0 Å². The van der Waals surface area contributed by atoms with Gasteiger partial charge in [-0.15, -0.1) is 11.3 Å². The summed E-state index contributed by atoms with van der Waals surface area (Å²) >= 11 is 2.88. The number of non-ortho nitro benzene ring substituents is 1. The molecule has 2 rings (SSSR count). The predicted octanol–water partition coefficient (Wildman–Crippen LogP) is 3.09. The van der Waals surface area contributed by atoms with E-state index in [1.165, 1.54) is 35.2 Å². The molecule has 0 aliphatic heterocycles. The molecule has 0 atom stereocenters. The predicted molar refractivity (Wildman–Crippen MR) is 68.5 cm³/mol. The molecule has 1 heterocycles. The Morgan fingerprint density at radius 3 is 2.82 bits per heavy atom. The number of thiazole rings is 1. The molecule has 0 fully saturated rings. The fourth-order valence-corrected chi connectivity index (χ4v) is 3.16. The van der Waals surface area contributed by atoms with Crippen molar-refractivity contribution in [2.45, 2.75) is 16.2 Å². The summed E-state index contributed by atoms with van der Waals surface area (Å²) in [6, 6.07) is 4.54. The Hall–Kier alpha value is -1.60. The van der Waals surface area contributed by atoms with Crippen molar-refractivity contribution in [3.63, 3.8) is 0 Å². The first-order chi connectivity index (χ1) is 8.04. The molecular formula is C10H9N3O2S2. The molecule has 0 saturated carbocycles. The van der Waals surface area contributed by atoms with Gasteiger partial charge in [0.2, 0.25) is 0 Å². The Morgan fingerprint density at radius 1 is 1.47 bits per heavy atom. The first kappa shape index (κ1) is 11.9. The standard InChI is InChI=1S/C10H9N3O2S2/c1-6-5-16-10(12-6)17-9-3-7(11)2-8(4-9)13(14)15/h2-5H,11H2,1H3. The van der Waals surface area contributed by atoms with Crippen LogP contribution in [0.5, 0.6) is 0 Å². The number of hydrogen-bond donors (Lipinski definition) is 1. The molecule has 2 aromatic rings. The number of nitrogens with zero attached hydrogens (tertiary/aromatic N) is 2. The third kappa shape index (κ3) is 2.95. The van der Waals surface area contributed by atoms with Crippen LogP contribution in [0.2, 0.25) is 0 Å². The second-order valence-electron chi connectivity index (χ2n) is 3.37. The number of nitro benzene ring substituents is 1. The molecule has 7 heteroatoms. The molecule has 88 valence electrons. The van der Waals surface area contributed by atoms with Crippen molar-refractivity contribution >= 4 is 34.5 Å². The van der Waals surface area contributed by atoms with E-state index in [1.54, 1.807) is 6.07 Å². The molecule has 0 unspecified atom stereocenters. The molecule has 17 heavy (non-hydrogen) atoms. The molecule has 5 nitrogen and oxygen atoms in total. The van der Waals surface area contributed by atoms with Gasteiger partial charge in [0.25, 0.3) is 5.69 Å². The number of rotatable bonds is 3. The van der Waals surface area contributed by atoms with Gasteiger partial charge in [0.15, 0.2) is 4.34 Å². The zero-order valence-electron chi connectivity index (χ0n) is 8.91. The summed E-state index contributed by atoms with van der Waals surface area (Å²) in [6.07, 6.45) is 0. The monoisotopic (exact) mass is 267 g/mol. The molecule has 1 aromatic carbocycles. The maximum absolute atomic E-state index is 10.7. The van der Waals surface area contributed by atoms with Crippen LogP contribution in [0.15, 0.2) is 32.8 Å². The minimum absolute atomic E-state index is 0.000720. The maximum atomic E-state index is 10.7. The molecule has 0 radical (unpaired) electrons. The van der Waals surface area contributed by atoms with E-state index in [-0.39, 0.29) is 5.69 Å². The van der Waals surface area contributed by atoms with E-state index < -0.39 is 4.92 Å². The quantitative estimate of drug-likeness (QED) is 0.525. The van der Waals surface area contributed by atoms with Gasteiger partial charge in [-0.25, -0.2) is 4.98 Å². The highest BCUT2D eigenvalue weighted by molar-refractivity contribution is 8.01. The van der Waals surface area contributed by atoms with Crippen molar-refractivity contribution in [3.8, 4) is 0 Å². The van der Waals surface area contributed by atoms with Crippen molar-refractivity contribution in [1.82, 2.24) is 4.98 Å². The summed E-state index contributed by atoms with van der Waals surface area (Å²) < 4.78 is 0.849. The summed E-state index contributed by atoms with van der Waals surface area (Å²) in [5.74, 6) is 0. The molecule has 0 spiro atoms. The van der Waals surface area contributed by atoms with Crippen molar-refractivity contribution in [1.29, 1.82) is 0 Å². The summed E-state index contributed by atoms with van der Waals surface area (Å²) in [5, 5.41) is 12.6. The largest absolute Gasteiger partial charge is 0.398 e. The Bertz CT molecular complexity index is 568. The number of hydrogen-bond acceptors (Lipinski definition) is 6. The van der Waals surface area contributed by atoms with Crippen LogP contribution in [-0.2, 0) is 0 Å². The molecule has 0 saturated heterocycles. The van der Waals surface area contributed by atoms with Crippen LogP contribution < -0.4 is 5.73 Å². The number of nitrogens with two attached hydrogens (primary N) is 1. The summed E-state index contributed by atoms with van der Waals surface area (Å²) in [6.45, 7) is 1.91. The van der Waals surface area contributed by atoms with Gasteiger partial charge in [0.05, 0.1) is 4.92 Å². The molecule has 0 bridgehead atoms. The Labute approximate surface area is 106 Å². The van der Waals surface area contributed by atoms with E-state index >= 15 is 0 Å². The van der Waals surface area contributed by atoms with Gasteiger partial charge in [0.1, 0.15) is 0 Å². The third-order valence-electron chi connectivity index (χ3n) is 1.93. The number of anilines is 1. The van der Waals surface area contributed by atoms with Gasteiger partial charge in [-0.2, -0.15) is 0 Å². The second-order valence-corrected chi connectivity index (χ2v) is 5.55. The number of aromatic nitrogens is 1. The third-order valence-corrected chi connectivity index (χ3v) is 3.96. The van der Waals surface area contributed by atoms with E-state index in [0.717, 1.165) is 14.9 Å². The van der Waals surface area contributed by atoms with E-state index in [1.807, 2.05) is 12.3 Å². The first-order valence-electron chi connectivity index (χ1n) is 4.69. The van der Waals surface area contributed by atoms with Crippen LogP contribution in [0.3, 0.4) is 0 Å². The van der Waals surface area contributed by atoms with Gasteiger partial charge in [-0.05, 0) is 13.0 Å². The van der Waals surface area contributed by atoms with Crippen LogP contribution in [0.1, 0.15) is 5.69 Å². The highest BCUT2D eigenvalue weighted by atomic mass is 32.2. The lowest BCUT2D eigenvalue weighted by Gasteiger charge is -2.00. The highest BCUT2D eigenvalue weighted by Gasteiger charge is 2.10. The molecular weight excluding hydrogens is 258 g/mol. The van der Waals surface area contributed by atoms with E-state index in [9.17, 15) is 10.1 Å². The molecule has 1 aromatic heterocycles. The van der Waals surface area contributed by atoms with E-state index in [0.29, 0.717) is 5.69 Å². The number of nitrogen functional groups attached to an aromatic ring is 1. The number of aryl methyl sites for hydroxylation is 1. The lowest BCUT2D eigenvalue weighted by molar-refractivity contribution is -0.385. The van der Waals surface area contributed by atoms with Gasteiger partial charge in [-0.1, -0.05) is 11.8 Å². The maximum Gasteiger partial charge on any atom is 0.272 e. The van der Waals surface area contributed by atoms with Gasteiger partial charge in [0, 0.05) is 33.8 Å². The van der Waals surface area contributed by atoms with E-state index in [4.69, 9.17) is 5.73 Å². The van der Waals surface area contributed by atoms with Gasteiger partial charge >= 0.3 is 0 Å². The van der Waals surface area contributed by atoms with Crippen LogP contribution >= 0.6 is 23.1 Å². The smallest absolute Gasteiger partial charge is 0.272 e. The minimum Gasteiger partial charge on any atom is -0.398 e. The van der Waals surface area contributed by atoms with Crippen molar-refractivity contribution < 1.29 is 4.92 Å². The topological polar surface area (TPSA) is 82.0 Å². The molecule has 0 aliphatic rings. The summed E-state index contributed by atoms with van der Waals surface area (Å²) in [7, 11) is 0. The average molecular weight is 267 g/mol. The Kier molecular flexibility index (Phi) is 3.30. The summed E-state index contributed by atoms with van der Waals surface area (Å²) in [4.78, 5) is 15.2. The van der Waals surface area contributed by atoms with E-state index in [2.05, 4.69) is 4.98 Å². The van der Waals surface area contributed by atoms with Gasteiger partial charge < -0.3 is 5.73 Å². The number of benzene rings is 1. The van der Waals surface area contributed by atoms with Crippen molar-refractivity contribution in [2.75, 3.05) is 5.73 Å². The minimum atomic E-state index is -0.451. The van der Waals surface area contributed by atoms with Gasteiger partial charge in [-0.3, -0.25) is 10.1 Å². The molecule has 0 amide bonds. The van der Waals surface area contributed by atoms with Crippen LogP contribution in [0, 0.1) is 17.0 Å². The molecule has 0 aliphatic carbocycles. The second kappa shape index (κ2) is 4.72. The van der Waals surface area contributed by atoms with Crippen LogP contribution in [-0.4, -0.2) is 9.91 Å². The van der Waals surface area contributed by atoms with Crippen LogP contribution in [0.4, 0.5) is 11.4 Å². The first-order valence-corrected chi connectivity index (χ1v) is 6.39. The Balaban J connectivity index is 2.29. The van der Waals surface area contributed by atoms with Crippen molar-refractivity contribution in [2.24, 2.45) is 0 Å². The zero-order chi connectivity index (χ0) is 12.4.